The number of aromatic carboxylic acids is 1. The quantitative estimate of drug-likeness (QED) is 0.824. The smallest absolute Gasteiger partial charge is 0.341 e. The first kappa shape index (κ1) is 13.5. The normalized spacial score (nSPS) is 15.4. The highest BCUT2D eigenvalue weighted by Crippen LogP contribution is 2.17. The number of hydrogen-bond donors (Lipinski definition) is 2. The highest BCUT2D eigenvalue weighted by molar-refractivity contribution is 5.91. The Labute approximate surface area is 118 Å². The Bertz CT molecular complexity index is 768. The van der Waals surface area contributed by atoms with Crippen LogP contribution in [0.2, 0.25) is 0 Å². The summed E-state index contributed by atoms with van der Waals surface area (Å²) in [6, 6.07) is 3.03. The lowest BCUT2D eigenvalue weighted by molar-refractivity contribution is 0.0693. The van der Waals surface area contributed by atoms with Gasteiger partial charge in [0.1, 0.15) is 11.4 Å². The van der Waals surface area contributed by atoms with Crippen molar-refractivity contribution in [3.8, 4) is 0 Å². The van der Waals surface area contributed by atoms with E-state index in [0.29, 0.717) is 12.0 Å². The van der Waals surface area contributed by atoms with E-state index in [4.69, 9.17) is 5.11 Å². The van der Waals surface area contributed by atoms with Crippen molar-refractivity contribution < 1.29 is 14.4 Å². The highest BCUT2D eigenvalue weighted by atomic mass is 19.2. The molecule has 0 radical (unpaired) electrons. The van der Waals surface area contributed by atoms with Gasteiger partial charge in [0.25, 0.3) is 0 Å². The summed E-state index contributed by atoms with van der Waals surface area (Å²) in [7, 11) is 0. The Hall–Kier alpha value is -2.48. The lowest BCUT2D eigenvalue weighted by Gasteiger charge is -2.28. The van der Waals surface area contributed by atoms with Crippen LogP contribution in [0, 0.1) is 0 Å². The van der Waals surface area contributed by atoms with Crippen LogP contribution in [0.15, 0.2) is 23.1 Å². The zero-order chi connectivity index (χ0) is 15.0. The van der Waals surface area contributed by atoms with Gasteiger partial charge in [-0.2, -0.15) is 4.79 Å². The molecule has 2 aromatic rings. The van der Waals surface area contributed by atoms with Crippen molar-refractivity contribution in [3.63, 3.8) is 0 Å². The molecule has 1 aliphatic rings. The second-order valence-electron chi connectivity index (χ2n) is 4.77. The van der Waals surface area contributed by atoms with Crippen LogP contribution < -0.4 is 15.6 Å². The molecule has 7 nitrogen and oxygen atoms in total. The predicted octanol–water partition coefficient (Wildman–Crippen LogP) is 0.237. The van der Waals surface area contributed by atoms with Crippen molar-refractivity contribution in [2.75, 3.05) is 31.1 Å². The van der Waals surface area contributed by atoms with Gasteiger partial charge in [0.15, 0.2) is 5.65 Å². The Kier molecular flexibility index (Phi) is 3.30. The van der Waals surface area contributed by atoms with Crippen molar-refractivity contribution in [1.29, 1.82) is 0 Å². The Morgan fingerprint density at radius 3 is 2.71 bits per heavy atom. The van der Waals surface area contributed by atoms with Crippen LogP contribution in [0.3, 0.4) is 0 Å². The van der Waals surface area contributed by atoms with Crippen molar-refractivity contribution in [1.82, 2.24) is 15.1 Å². The Balaban J connectivity index is 2.14. The molecular weight excluding hydrogens is 279 g/mol. The molecule has 2 N–H and O–H groups in total. The molecule has 0 amide bonds. The van der Waals surface area contributed by atoms with E-state index in [2.05, 4.69) is 10.3 Å². The summed E-state index contributed by atoms with van der Waals surface area (Å²) < 4.78 is 14.0. The summed E-state index contributed by atoms with van der Waals surface area (Å²) in [4.78, 5) is 29.1. The molecule has 0 aliphatic carbocycles. The molecule has 0 atom stereocenters. The average Bonchev–Trinajstić information content (AvgIpc) is 2.51. The van der Waals surface area contributed by atoms with Crippen LogP contribution >= 0.6 is 0 Å². The molecule has 0 unspecified atom stereocenters. The van der Waals surface area contributed by atoms with E-state index < -0.39 is 17.0 Å². The van der Waals surface area contributed by atoms with Gasteiger partial charge in [-0.3, -0.25) is 4.79 Å². The number of aromatic nitrogens is 2. The molecule has 3 rings (SSSR count). The number of anilines is 1. The number of carboxylic acid groups (broad SMARTS) is 1. The van der Waals surface area contributed by atoms with Gasteiger partial charge in [0.05, 0.1) is 11.6 Å². The molecule has 8 heteroatoms. The number of piperazine rings is 1. The third kappa shape index (κ3) is 2.33. The van der Waals surface area contributed by atoms with E-state index >= 15 is 0 Å². The molecule has 1 fully saturated rings. The Morgan fingerprint density at radius 2 is 2.05 bits per heavy atom. The molecule has 1 saturated heterocycles. The lowest BCUT2D eigenvalue weighted by Crippen LogP contribution is -2.43. The van der Waals surface area contributed by atoms with Gasteiger partial charge < -0.3 is 15.3 Å². The number of carboxylic acids is 1. The first-order valence-corrected chi connectivity index (χ1v) is 6.49. The van der Waals surface area contributed by atoms with E-state index in [1.807, 2.05) is 4.90 Å². The topological polar surface area (TPSA) is 87.5 Å². The van der Waals surface area contributed by atoms with Crippen molar-refractivity contribution in [2.24, 2.45) is 0 Å². The fourth-order valence-corrected chi connectivity index (χ4v) is 2.38. The van der Waals surface area contributed by atoms with E-state index in [9.17, 15) is 14.1 Å². The number of halogens is 1. The summed E-state index contributed by atoms with van der Waals surface area (Å²) in [5.74, 6) is -0.891. The first-order valence-electron chi connectivity index (χ1n) is 6.49. The third-order valence-electron chi connectivity index (χ3n) is 3.47. The molecule has 3 heterocycles. The van der Waals surface area contributed by atoms with E-state index in [0.717, 1.165) is 26.2 Å². The van der Waals surface area contributed by atoms with Gasteiger partial charge in [0.2, 0.25) is 5.43 Å². The van der Waals surface area contributed by atoms with Crippen LogP contribution in [0.5, 0.6) is 0 Å². The summed E-state index contributed by atoms with van der Waals surface area (Å²) in [6.45, 7) is 3.09. The lowest BCUT2D eigenvalue weighted by atomic mass is 10.2. The van der Waals surface area contributed by atoms with Crippen molar-refractivity contribution in [3.05, 3.63) is 34.1 Å². The molecular formula is C13H13FN4O3. The molecule has 21 heavy (non-hydrogen) atoms. The monoisotopic (exact) mass is 292 g/mol. The average molecular weight is 292 g/mol. The Morgan fingerprint density at radius 1 is 1.33 bits per heavy atom. The second-order valence-corrected chi connectivity index (χ2v) is 4.77. The molecule has 1 aliphatic heterocycles. The zero-order valence-corrected chi connectivity index (χ0v) is 11.0. The van der Waals surface area contributed by atoms with Crippen molar-refractivity contribution in [2.45, 2.75) is 0 Å². The third-order valence-corrected chi connectivity index (χ3v) is 3.47. The van der Waals surface area contributed by atoms with Crippen LogP contribution in [0.1, 0.15) is 10.4 Å². The number of fused-ring (bicyclic) bond motifs is 1. The maximum absolute atomic E-state index is 14.0. The van der Waals surface area contributed by atoms with E-state index in [1.54, 1.807) is 6.07 Å². The minimum Gasteiger partial charge on any atom is -0.477 e. The number of rotatable bonds is 2. The number of nitrogens with zero attached hydrogens (tertiary/aromatic N) is 3. The van der Waals surface area contributed by atoms with E-state index in [1.165, 1.54) is 6.07 Å². The van der Waals surface area contributed by atoms with E-state index in [-0.39, 0.29) is 15.8 Å². The van der Waals surface area contributed by atoms with Gasteiger partial charge in [-0.25, -0.2) is 9.78 Å². The number of pyridine rings is 2. The summed E-state index contributed by atoms with van der Waals surface area (Å²) in [5.41, 5.74) is -1.51. The van der Waals surface area contributed by atoms with Gasteiger partial charge in [-0.05, 0) is 12.1 Å². The molecule has 0 bridgehead atoms. The predicted molar refractivity (Wildman–Crippen MR) is 74.6 cm³/mol. The highest BCUT2D eigenvalue weighted by Gasteiger charge is 2.18. The fourth-order valence-electron chi connectivity index (χ4n) is 2.38. The molecule has 0 saturated carbocycles. The minimum atomic E-state index is -1.46. The minimum absolute atomic E-state index is 0.0451. The van der Waals surface area contributed by atoms with Crippen molar-refractivity contribution >= 4 is 22.8 Å². The summed E-state index contributed by atoms with van der Waals surface area (Å²) >= 11 is 0. The summed E-state index contributed by atoms with van der Waals surface area (Å²) in [5, 5.41) is 12.0. The molecule has 2 aromatic heterocycles. The number of carbonyl (C=O) groups is 1. The van der Waals surface area contributed by atoms with Gasteiger partial charge >= 0.3 is 5.97 Å². The largest absolute Gasteiger partial charge is 0.477 e. The maximum Gasteiger partial charge on any atom is 0.341 e. The second kappa shape index (κ2) is 5.13. The zero-order valence-electron chi connectivity index (χ0n) is 11.0. The van der Waals surface area contributed by atoms with Crippen LogP contribution in [-0.2, 0) is 0 Å². The fraction of sp³-hybridized carbons (Fsp3) is 0.308. The SMILES string of the molecule is O=C(O)c1cn(F)c2nc(N3CCNCC3)ccc2c1=O. The van der Waals surface area contributed by atoms with Gasteiger partial charge in [-0.1, -0.05) is 4.48 Å². The number of nitrogens with one attached hydrogen (secondary N) is 1. The molecule has 110 valence electrons. The van der Waals surface area contributed by atoms with Gasteiger partial charge in [-0.15, -0.1) is 0 Å². The first-order chi connectivity index (χ1) is 10.1. The molecule has 0 aromatic carbocycles. The van der Waals surface area contributed by atoms with Crippen LogP contribution in [0.4, 0.5) is 10.3 Å². The maximum atomic E-state index is 14.0. The standard InChI is InChI=1S/C13H13FN4O3/c14-18-7-9(13(20)21)11(19)8-1-2-10(16-12(8)18)17-5-3-15-4-6-17/h1-2,7,15H,3-6H2,(H,20,21). The van der Waals surface area contributed by atoms with Crippen LogP contribution in [0.25, 0.3) is 11.0 Å². The number of hydrogen-bond acceptors (Lipinski definition) is 5. The summed E-state index contributed by atoms with van der Waals surface area (Å²) in [6.07, 6.45) is 0.654. The van der Waals surface area contributed by atoms with Crippen LogP contribution in [-0.4, -0.2) is 47.0 Å². The molecule has 0 spiro atoms. The van der Waals surface area contributed by atoms with Gasteiger partial charge in [0, 0.05) is 26.2 Å².